The van der Waals surface area contributed by atoms with Gasteiger partial charge in [0.2, 0.25) is 5.91 Å². The van der Waals surface area contributed by atoms with E-state index in [1.807, 2.05) is 7.05 Å². The van der Waals surface area contributed by atoms with Gasteiger partial charge in [-0.25, -0.2) is 0 Å². The van der Waals surface area contributed by atoms with Crippen LogP contribution in [-0.4, -0.2) is 44.5 Å². The molecule has 0 aromatic heterocycles. The number of carbonyl (C=O) groups is 1. The van der Waals surface area contributed by atoms with E-state index in [0.717, 1.165) is 43.7 Å². The highest BCUT2D eigenvalue weighted by atomic mass is 16.2. The van der Waals surface area contributed by atoms with Gasteiger partial charge < -0.3 is 15.5 Å². The highest BCUT2D eigenvalue weighted by Gasteiger charge is 2.23. The zero-order valence-electron chi connectivity index (χ0n) is 11.9. The Morgan fingerprint density at radius 2 is 2.16 bits per heavy atom. The lowest BCUT2D eigenvalue weighted by Gasteiger charge is -2.16. The van der Waals surface area contributed by atoms with Gasteiger partial charge in [-0.15, -0.1) is 0 Å². The Morgan fingerprint density at radius 1 is 1.37 bits per heavy atom. The van der Waals surface area contributed by atoms with Crippen molar-refractivity contribution in [2.24, 2.45) is 5.73 Å². The van der Waals surface area contributed by atoms with Crippen molar-refractivity contribution in [3.05, 3.63) is 29.3 Å². The Balaban J connectivity index is 1.93. The quantitative estimate of drug-likeness (QED) is 0.832. The lowest BCUT2D eigenvalue weighted by molar-refractivity contribution is -0.117. The number of hydrogen-bond acceptors (Lipinski definition) is 3. The maximum Gasteiger partial charge on any atom is 0.231 e. The first-order chi connectivity index (χ1) is 9.11. The third-order valence-electron chi connectivity index (χ3n) is 3.75. The number of carbonyl (C=O) groups excluding carboxylic acids is 1. The molecule has 0 saturated heterocycles. The molecule has 1 aliphatic heterocycles. The molecule has 104 valence electrons. The zero-order valence-corrected chi connectivity index (χ0v) is 11.9. The molecule has 1 heterocycles. The monoisotopic (exact) mass is 261 g/mol. The van der Waals surface area contributed by atoms with Crippen LogP contribution in [0.4, 0.5) is 5.69 Å². The van der Waals surface area contributed by atoms with E-state index in [0.29, 0.717) is 6.42 Å². The normalized spacial score (nSPS) is 14.3. The topological polar surface area (TPSA) is 49.6 Å². The summed E-state index contributed by atoms with van der Waals surface area (Å²) in [7, 11) is 3.97. The molecule has 4 nitrogen and oxygen atoms in total. The Labute approximate surface area is 115 Å². The van der Waals surface area contributed by atoms with Crippen LogP contribution in [0.1, 0.15) is 17.5 Å². The minimum Gasteiger partial charge on any atom is -0.330 e. The number of fused-ring (bicyclic) bond motifs is 1. The average Bonchev–Trinajstić information content (AvgIpc) is 2.69. The van der Waals surface area contributed by atoms with Gasteiger partial charge in [0.1, 0.15) is 0 Å². The average molecular weight is 261 g/mol. The Hall–Kier alpha value is -1.39. The second-order valence-corrected chi connectivity index (χ2v) is 5.29. The van der Waals surface area contributed by atoms with Crippen molar-refractivity contribution in [3.63, 3.8) is 0 Å². The van der Waals surface area contributed by atoms with Crippen molar-refractivity contribution in [2.75, 3.05) is 38.6 Å². The molecule has 1 aromatic carbocycles. The van der Waals surface area contributed by atoms with E-state index >= 15 is 0 Å². The van der Waals surface area contributed by atoms with Gasteiger partial charge >= 0.3 is 0 Å². The van der Waals surface area contributed by atoms with E-state index in [9.17, 15) is 4.79 Å². The molecule has 2 N–H and O–H groups in total. The second kappa shape index (κ2) is 6.17. The van der Waals surface area contributed by atoms with E-state index in [1.54, 1.807) is 4.90 Å². The van der Waals surface area contributed by atoms with Gasteiger partial charge in [-0.3, -0.25) is 4.79 Å². The summed E-state index contributed by atoms with van der Waals surface area (Å²) in [5.74, 6) is 0.187. The summed E-state index contributed by atoms with van der Waals surface area (Å²) in [5.41, 5.74) is 9.04. The first-order valence-corrected chi connectivity index (χ1v) is 6.89. The summed E-state index contributed by atoms with van der Waals surface area (Å²) >= 11 is 0. The van der Waals surface area contributed by atoms with E-state index in [-0.39, 0.29) is 5.91 Å². The van der Waals surface area contributed by atoms with Crippen molar-refractivity contribution in [1.82, 2.24) is 4.90 Å². The molecule has 1 aromatic rings. The molecular weight excluding hydrogens is 238 g/mol. The first-order valence-electron chi connectivity index (χ1n) is 6.89. The van der Waals surface area contributed by atoms with Gasteiger partial charge in [0.25, 0.3) is 0 Å². The van der Waals surface area contributed by atoms with Crippen molar-refractivity contribution >= 4 is 11.6 Å². The summed E-state index contributed by atoms with van der Waals surface area (Å²) in [4.78, 5) is 15.7. The van der Waals surface area contributed by atoms with Crippen molar-refractivity contribution in [2.45, 2.75) is 19.3 Å². The molecule has 1 amide bonds. The SMILES string of the molecule is CN(CCCN)CCc1ccc2c(c1)CC(=O)N2C. The molecule has 4 heteroatoms. The van der Waals surface area contributed by atoms with Gasteiger partial charge in [0.05, 0.1) is 6.42 Å². The second-order valence-electron chi connectivity index (χ2n) is 5.29. The number of hydrogen-bond donors (Lipinski definition) is 1. The Morgan fingerprint density at radius 3 is 2.89 bits per heavy atom. The molecule has 0 saturated carbocycles. The molecule has 0 aliphatic carbocycles. The molecule has 0 fully saturated rings. The molecule has 0 bridgehead atoms. The fraction of sp³-hybridized carbons (Fsp3) is 0.533. The molecule has 0 atom stereocenters. The first kappa shape index (κ1) is 14.0. The Bertz CT molecular complexity index is 459. The van der Waals surface area contributed by atoms with Crippen LogP contribution in [0.15, 0.2) is 18.2 Å². The largest absolute Gasteiger partial charge is 0.330 e. The third kappa shape index (κ3) is 3.33. The molecule has 19 heavy (non-hydrogen) atoms. The van der Waals surface area contributed by atoms with Gasteiger partial charge in [-0.1, -0.05) is 12.1 Å². The van der Waals surface area contributed by atoms with Crippen LogP contribution in [0.3, 0.4) is 0 Å². The fourth-order valence-corrected chi connectivity index (χ4v) is 2.47. The van der Waals surface area contributed by atoms with Crippen molar-refractivity contribution in [1.29, 1.82) is 0 Å². The highest BCUT2D eigenvalue weighted by molar-refractivity contribution is 6.00. The maximum absolute atomic E-state index is 11.6. The van der Waals surface area contributed by atoms with Gasteiger partial charge in [0, 0.05) is 19.3 Å². The number of nitrogens with two attached hydrogens (primary N) is 1. The minimum absolute atomic E-state index is 0.187. The number of likely N-dealkylation sites (N-methyl/N-ethyl adjacent to an activating group) is 2. The van der Waals surface area contributed by atoms with Crippen LogP contribution < -0.4 is 10.6 Å². The summed E-state index contributed by atoms with van der Waals surface area (Å²) in [6.07, 6.45) is 2.61. The third-order valence-corrected chi connectivity index (χ3v) is 3.75. The standard InChI is InChI=1S/C15H23N3O/c1-17(8-3-7-16)9-6-12-4-5-14-13(10-12)11-15(19)18(14)2/h4-5,10H,3,6-9,11,16H2,1-2H3. The summed E-state index contributed by atoms with van der Waals surface area (Å²) in [6.45, 7) is 2.82. The summed E-state index contributed by atoms with van der Waals surface area (Å²) in [6, 6.07) is 6.37. The lowest BCUT2D eigenvalue weighted by Crippen LogP contribution is -2.24. The summed E-state index contributed by atoms with van der Waals surface area (Å²) < 4.78 is 0. The molecule has 1 aliphatic rings. The van der Waals surface area contributed by atoms with Crippen LogP contribution in [-0.2, 0) is 17.6 Å². The maximum atomic E-state index is 11.6. The zero-order chi connectivity index (χ0) is 13.8. The smallest absolute Gasteiger partial charge is 0.231 e. The van der Waals surface area contributed by atoms with Crippen LogP contribution in [0.25, 0.3) is 0 Å². The van der Waals surface area contributed by atoms with E-state index in [2.05, 4.69) is 30.1 Å². The predicted octanol–water partition coefficient (Wildman–Crippen LogP) is 1.03. The van der Waals surface area contributed by atoms with Crippen molar-refractivity contribution < 1.29 is 4.79 Å². The number of anilines is 1. The van der Waals surface area contributed by atoms with Crippen LogP contribution in [0.2, 0.25) is 0 Å². The van der Waals surface area contributed by atoms with E-state index in [4.69, 9.17) is 5.73 Å². The Kier molecular flexibility index (Phi) is 4.56. The number of nitrogens with zero attached hydrogens (tertiary/aromatic N) is 2. The van der Waals surface area contributed by atoms with E-state index < -0.39 is 0 Å². The van der Waals surface area contributed by atoms with E-state index in [1.165, 1.54) is 5.56 Å². The summed E-state index contributed by atoms with van der Waals surface area (Å²) in [5, 5.41) is 0. The minimum atomic E-state index is 0.187. The molecule has 0 unspecified atom stereocenters. The number of benzene rings is 1. The van der Waals surface area contributed by atoms with Crippen LogP contribution in [0.5, 0.6) is 0 Å². The lowest BCUT2D eigenvalue weighted by atomic mass is 10.1. The van der Waals surface area contributed by atoms with Crippen LogP contribution >= 0.6 is 0 Å². The van der Waals surface area contributed by atoms with Crippen LogP contribution in [0, 0.1) is 0 Å². The highest BCUT2D eigenvalue weighted by Crippen LogP contribution is 2.28. The molecule has 0 radical (unpaired) electrons. The fourth-order valence-electron chi connectivity index (χ4n) is 2.47. The molecule has 0 spiro atoms. The van der Waals surface area contributed by atoms with Crippen molar-refractivity contribution in [3.8, 4) is 0 Å². The predicted molar refractivity (Wildman–Crippen MR) is 78.4 cm³/mol. The van der Waals surface area contributed by atoms with Gasteiger partial charge in [-0.05, 0) is 50.2 Å². The molecular formula is C15H23N3O. The van der Waals surface area contributed by atoms with Gasteiger partial charge in [-0.2, -0.15) is 0 Å². The molecule has 2 rings (SSSR count). The number of rotatable bonds is 6. The van der Waals surface area contributed by atoms with Gasteiger partial charge in [0.15, 0.2) is 0 Å². The number of amides is 1.